The molecule has 2 rings (SSSR count). The molecule has 0 radical (unpaired) electrons. The van der Waals surface area contributed by atoms with E-state index in [1.54, 1.807) is 0 Å². The minimum Gasteiger partial charge on any atom is -0.393 e. The molecule has 0 spiro atoms. The van der Waals surface area contributed by atoms with Gasteiger partial charge in [-0.05, 0) is 89.5 Å². The Labute approximate surface area is 199 Å². The summed E-state index contributed by atoms with van der Waals surface area (Å²) in [6, 6.07) is 10.2. The quantitative estimate of drug-likeness (QED) is 0.263. The number of carbonyl (C=O) groups is 1. The first-order chi connectivity index (χ1) is 15.8. The molecule has 0 aliphatic heterocycles. The highest BCUT2D eigenvalue weighted by Crippen LogP contribution is 2.38. The molecule has 0 heterocycles. The second kappa shape index (κ2) is 14.7. The minimum atomic E-state index is -0.514. The highest BCUT2D eigenvalue weighted by molar-refractivity contribution is 5.82. The van der Waals surface area contributed by atoms with E-state index in [4.69, 9.17) is 4.74 Å². The number of aliphatic hydroxyl groups excluding tert-OH is 3. The SMILES string of the molecule is CC(C)O[C@H](C)C(=O)CCC/C=C/C[C@@H]1[C@@H](CC[C@@H](O)CCc2ccccc2)[C@H](O)C[C@@H]1O. The highest BCUT2D eigenvalue weighted by atomic mass is 16.5. The van der Waals surface area contributed by atoms with E-state index in [0.717, 1.165) is 25.7 Å². The van der Waals surface area contributed by atoms with Crippen molar-refractivity contribution in [2.45, 2.75) is 109 Å². The van der Waals surface area contributed by atoms with Gasteiger partial charge in [0, 0.05) is 6.42 Å². The summed E-state index contributed by atoms with van der Waals surface area (Å²) in [5, 5.41) is 31.3. The maximum atomic E-state index is 12.1. The number of aliphatic hydroxyl groups is 3. The molecule has 0 aromatic heterocycles. The number of ether oxygens (including phenoxy) is 1. The standard InChI is InChI=1S/C28H44O5/c1-20(2)33-21(3)26(30)14-10-5-4-9-13-24-25(28(32)19-27(24)31)18-17-23(29)16-15-22-11-7-6-8-12-22/h4,6-9,11-12,20-21,23-25,27-29,31-32H,5,10,13-19H2,1-3H3/b9-4+/t21-,23+,24-,25-,27+,28-/m1/s1. The summed E-state index contributed by atoms with van der Waals surface area (Å²) in [7, 11) is 0. The van der Waals surface area contributed by atoms with E-state index >= 15 is 0 Å². The Morgan fingerprint density at radius 2 is 1.76 bits per heavy atom. The van der Waals surface area contributed by atoms with Crippen LogP contribution < -0.4 is 0 Å². The highest BCUT2D eigenvalue weighted by Gasteiger charge is 2.40. The van der Waals surface area contributed by atoms with Crippen LogP contribution in [0.1, 0.15) is 77.7 Å². The Bertz CT molecular complexity index is 701. The van der Waals surface area contributed by atoms with Crippen molar-refractivity contribution in [1.82, 2.24) is 0 Å². The van der Waals surface area contributed by atoms with Gasteiger partial charge in [-0.15, -0.1) is 0 Å². The lowest BCUT2D eigenvalue weighted by Gasteiger charge is -2.23. The first-order valence-corrected chi connectivity index (χ1v) is 12.7. The maximum Gasteiger partial charge on any atom is 0.161 e. The third-order valence-electron chi connectivity index (χ3n) is 6.76. The normalized spacial score (nSPS) is 25.1. The van der Waals surface area contributed by atoms with Crippen molar-refractivity contribution in [1.29, 1.82) is 0 Å². The van der Waals surface area contributed by atoms with Gasteiger partial charge in [-0.25, -0.2) is 0 Å². The second-order valence-corrected chi connectivity index (χ2v) is 9.85. The van der Waals surface area contributed by atoms with Crippen molar-refractivity contribution in [3.8, 4) is 0 Å². The molecule has 1 aliphatic carbocycles. The van der Waals surface area contributed by atoms with Crippen LogP contribution in [0, 0.1) is 11.8 Å². The number of benzene rings is 1. The molecule has 5 heteroatoms. The van der Waals surface area contributed by atoms with Gasteiger partial charge in [-0.3, -0.25) is 4.79 Å². The minimum absolute atomic E-state index is 0.00614. The van der Waals surface area contributed by atoms with Gasteiger partial charge in [0.15, 0.2) is 5.78 Å². The molecule has 3 N–H and O–H groups in total. The van der Waals surface area contributed by atoms with Crippen molar-refractivity contribution in [3.63, 3.8) is 0 Å². The van der Waals surface area contributed by atoms with Gasteiger partial charge >= 0.3 is 0 Å². The molecule has 1 aromatic carbocycles. The lowest BCUT2D eigenvalue weighted by Crippen LogP contribution is -2.23. The average molecular weight is 461 g/mol. The van der Waals surface area contributed by atoms with Crippen LogP contribution in [-0.2, 0) is 16.0 Å². The fourth-order valence-electron chi connectivity index (χ4n) is 4.87. The zero-order valence-corrected chi connectivity index (χ0v) is 20.6. The molecular weight excluding hydrogens is 416 g/mol. The van der Waals surface area contributed by atoms with Gasteiger partial charge in [0.1, 0.15) is 6.10 Å². The molecule has 33 heavy (non-hydrogen) atoms. The molecule has 5 nitrogen and oxygen atoms in total. The summed E-state index contributed by atoms with van der Waals surface area (Å²) in [6.45, 7) is 5.67. The summed E-state index contributed by atoms with van der Waals surface area (Å²) in [5.74, 6) is 0.155. The smallest absolute Gasteiger partial charge is 0.161 e. The maximum absolute atomic E-state index is 12.1. The van der Waals surface area contributed by atoms with E-state index in [0.29, 0.717) is 32.1 Å². The van der Waals surface area contributed by atoms with Crippen molar-refractivity contribution in [2.24, 2.45) is 11.8 Å². The van der Waals surface area contributed by atoms with Crippen molar-refractivity contribution in [3.05, 3.63) is 48.0 Å². The van der Waals surface area contributed by atoms with Gasteiger partial charge in [0.2, 0.25) is 0 Å². The molecule has 1 saturated carbocycles. The monoisotopic (exact) mass is 460 g/mol. The summed E-state index contributed by atoms with van der Waals surface area (Å²) >= 11 is 0. The van der Waals surface area contributed by atoms with Gasteiger partial charge in [-0.1, -0.05) is 42.5 Å². The molecule has 0 amide bonds. The Hall–Kier alpha value is -1.53. The number of hydrogen-bond acceptors (Lipinski definition) is 5. The van der Waals surface area contributed by atoms with Crippen LogP contribution in [0.2, 0.25) is 0 Å². The lowest BCUT2D eigenvalue weighted by atomic mass is 9.85. The average Bonchev–Trinajstić information content (AvgIpc) is 3.05. The molecule has 1 fully saturated rings. The molecule has 0 unspecified atom stereocenters. The van der Waals surface area contributed by atoms with Crippen LogP contribution in [0.25, 0.3) is 0 Å². The van der Waals surface area contributed by atoms with Crippen molar-refractivity contribution >= 4 is 5.78 Å². The topological polar surface area (TPSA) is 87.0 Å². The van der Waals surface area contributed by atoms with Gasteiger partial charge < -0.3 is 20.1 Å². The first-order valence-electron chi connectivity index (χ1n) is 12.7. The second-order valence-electron chi connectivity index (χ2n) is 9.85. The molecule has 0 saturated heterocycles. The van der Waals surface area contributed by atoms with Crippen LogP contribution in [0.15, 0.2) is 42.5 Å². The first kappa shape index (κ1) is 27.7. The van der Waals surface area contributed by atoms with Gasteiger partial charge in [0.05, 0.1) is 24.4 Å². The van der Waals surface area contributed by atoms with Crippen LogP contribution in [-0.4, -0.2) is 51.6 Å². The molecule has 1 aliphatic rings. The predicted molar refractivity (Wildman–Crippen MR) is 132 cm³/mol. The molecule has 186 valence electrons. The van der Waals surface area contributed by atoms with Crippen LogP contribution >= 0.6 is 0 Å². The molecule has 6 atom stereocenters. The van der Waals surface area contributed by atoms with E-state index < -0.39 is 18.3 Å². The summed E-state index contributed by atoms with van der Waals surface area (Å²) < 4.78 is 5.53. The number of ketones is 1. The zero-order chi connectivity index (χ0) is 24.2. The predicted octanol–water partition coefficient (Wildman–Crippen LogP) is 4.62. The fraction of sp³-hybridized carbons (Fsp3) is 0.679. The molecule has 1 aromatic rings. The Morgan fingerprint density at radius 3 is 2.45 bits per heavy atom. The summed E-state index contributed by atoms with van der Waals surface area (Å²) in [4.78, 5) is 12.1. The van der Waals surface area contributed by atoms with E-state index in [9.17, 15) is 20.1 Å². The van der Waals surface area contributed by atoms with Gasteiger partial charge in [-0.2, -0.15) is 0 Å². The van der Waals surface area contributed by atoms with E-state index in [1.807, 2.05) is 39.0 Å². The third kappa shape index (κ3) is 10.1. The van der Waals surface area contributed by atoms with E-state index in [-0.39, 0.29) is 29.8 Å². The van der Waals surface area contributed by atoms with Crippen LogP contribution in [0.5, 0.6) is 0 Å². The summed E-state index contributed by atoms with van der Waals surface area (Å²) in [6.07, 6.45) is 8.56. The number of aryl methyl sites for hydroxylation is 1. The number of rotatable bonds is 15. The molecular formula is C28H44O5. The lowest BCUT2D eigenvalue weighted by molar-refractivity contribution is -0.132. The van der Waals surface area contributed by atoms with Gasteiger partial charge in [0.25, 0.3) is 0 Å². The summed E-state index contributed by atoms with van der Waals surface area (Å²) in [5.41, 5.74) is 1.22. The Kier molecular flexibility index (Phi) is 12.3. The Balaban J connectivity index is 1.70. The fourth-order valence-corrected chi connectivity index (χ4v) is 4.87. The third-order valence-corrected chi connectivity index (χ3v) is 6.76. The van der Waals surface area contributed by atoms with Crippen LogP contribution in [0.3, 0.4) is 0 Å². The van der Waals surface area contributed by atoms with Crippen molar-refractivity contribution in [2.75, 3.05) is 0 Å². The Morgan fingerprint density at radius 1 is 1.06 bits per heavy atom. The number of allylic oxidation sites excluding steroid dienone is 2. The number of unbranched alkanes of at least 4 members (excludes halogenated alkanes) is 1. The van der Waals surface area contributed by atoms with Crippen LogP contribution in [0.4, 0.5) is 0 Å². The number of carbonyl (C=O) groups excluding carboxylic acids is 1. The largest absolute Gasteiger partial charge is 0.393 e. The molecule has 0 bridgehead atoms. The van der Waals surface area contributed by atoms with Crippen molar-refractivity contribution < 1.29 is 24.9 Å². The number of Topliss-reactive ketones (excluding diaryl/α,β-unsaturated/α-hetero) is 1. The van der Waals surface area contributed by atoms with E-state index in [2.05, 4.69) is 24.3 Å². The zero-order valence-electron chi connectivity index (χ0n) is 20.6. The number of hydrogen-bond donors (Lipinski definition) is 3. The van der Waals surface area contributed by atoms with E-state index in [1.165, 1.54) is 5.56 Å².